The van der Waals surface area contributed by atoms with Gasteiger partial charge in [0.1, 0.15) is 16.7 Å². The normalized spacial score (nSPS) is 26.4. The van der Waals surface area contributed by atoms with E-state index in [1.165, 1.54) is 11.5 Å². The van der Waals surface area contributed by atoms with Crippen molar-refractivity contribution in [2.45, 2.75) is 25.9 Å². The Labute approximate surface area is 139 Å². The van der Waals surface area contributed by atoms with Gasteiger partial charge in [-0.3, -0.25) is 4.90 Å². The van der Waals surface area contributed by atoms with Gasteiger partial charge in [-0.05, 0) is 62.4 Å². The Balaban J connectivity index is 1.53. The molecule has 1 atom stereocenters. The summed E-state index contributed by atoms with van der Waals surface area (Å²) in [5.74, 6) is 1.07. The lowest BCUT2D eigenvalue weighted by Crippen LogP contribution is -2.51. The van der Waals surface area contributed by atoms with Crippen molar-refractivity contribution >= 4 is 28.4 Å². The molecule has 1 unspecified atom stereocenters. The standard InChI is InChI=1S/C17H20N2O3S/c1-2-21-12-3-4-13-14(9-12)18-23-16(13)17(20)22-15-10-19-7-5-11(15)6-8-19/h3-4,9,11,15H,2,5-8,10H2,1H3. The number of rotatable bonds is 4. The first kappa shape index (κ1) is 14.9. The highest BCUT2D eigenvalue weighted by atomic mass is 32.1. The van der Waals surface area contributed by atoms with Gasteiger partial charge in [0.05, 0.1) is 12.1 Å². The van der Waals surface area contributed by atoms with Crippen LogP contribution in [-0.2, 0) is 4.74 Å². The molecule has 3 fully saturated rings. The fraction of sp³-hybridized carbons (Fsp3) is 0.529. The second kappa shape index (κ2) is 6.09. The Hall–Kier alpha value is -1.66. The predicted molar refractivity (Wildman–Crippen MR) is 89.2 cm³/mol. The van der Waals surface area contributed by atoms with Crippen molar-refractivity contribution in [2.75, 3.05) is 26.2 Å². The van der Waals surface area contributed by atoms with Crippen LogP contribution in [0.2, 0.25) is 0 Å². The van der Waals surface area contributed by atoms with Crippen LogP contribution in [0, 0.1) is 5.92 Å². The molecule has 0 amide bonds. The number of carbonyl (C=O) groups excluding carboxylic acids is 1. The lowest BCUT2D eigenvalue weighted by Gasteiger charge is -2.43. The van der Waals surface area contributed by atoms with Gasteiger partial charge in [-0.15, -0.1) is 0 Å². The summed E-state index contributed by atoms with van der Waals surface area (Å²) in [5, 5.41) is 0.852. The summed E-state index contributed by atoms with van der Waals surface area (Å²) in [6.07, 6.45) is 2.31. The number of benzene rings is 1. The molecule has 1 aromatic carbocycles. The lowest BCUT2D eigenvalue weighted by atomic mass is 9.86. The van der Waals surface area contributed by atoms with Crippen molar-refractivity contribution < 1.29 is 14.3 Å². The average Bonchev–Trinajstić information content (AvgIpc) is 2.99. The van der Waals surface area contributed by atoms with Gasteiger partial charge in [0.25, 0.3) is 0 Å². The van der Waals surface area contributed by atoms with Crippen LogP contribution < -0.4 is 4.74 Å². The number of hydrogen-bond donors (Lipinski definition) is 0. The lowest BCUT2D eigenvalue weighted by molar-refractivity contribution is -0.0451. The Morgan fingerprint density at radius 3 is 2.91 bits per heavy atom. The van der Waals surface area contributed by atoms with Crippen LogP contribution in [-0.4, -0.2) is 47.6 Å². The fourth-order valence-electron chi connectivity index (χ4n) is 3.56. The van der Waals surface area contributed by atoms with E-state index in [-0.39, 0.29) is 12.1 Å². The van der Waals surface area contributed by atoms with Crippen molar-refractivity contribution in [3.8, 4) is 5.75 Å². The molecule has 2 bridgehead atoms. The molecule has 0 spiro atoms. The second-order valence-electron chi connectivity index (χ2n) is 6.21. The van der Waals surface area contributed by atoms with Crippen LogP contribution in [0.5, 0.6) is 5.75 Å². The van der Waals surface area contributed by atoms with Crippen molar-refractivity contribution in [3.05, 3.63) is 23.1 Å². The molecule has 3 aliphatic heterocycles. The van der Waals surface area contributed by atoms with E-state index in [1.807, 2.05) is 25.1 Å². The van der Waals surface area contributed by atoms with E-state index in [1.54, 1.807) is 0 Å². The van der Waals surface area contributed by atoms with Gasteiger partial charge in [-0.2, -0.15) is 4.37 Å². The maximum atomic E-state index is 12.6. The smallest absolute Gasteiger partial charge is 0.350 e. The van der Waals surface area contributed by atoms with Crippen LogP contribution in [0.4, 0.5) is 0 Å². The number of aromatic nitrogens is 1. The number of carbonyl (C=O) groups is 1. The molecule has 4 heterocycles. The number of esters is 1. The molecular formula is C17H20N2O3S. The first-order valence-corrected chi connectivity index (χ1v) is 8.97. The topological polar surface area (TPSA) is 51.7 Å². The summed E-state index contributed by atoms with van der Waals surface area (Å²) in [5.41, 5.74) is 0.793. The van der Waals surface area contributed by atoms with E-state index >= 15 is 0 Å². The molecular weight excluding hydrogens is 312 g/mol. The third-order valence-corrected chi connectivity index (χ3v) is 5.66. The molecule has 3 aliphatic rings. The van der Waals surface area contributed by atoms with Crippen LogP contribution in [0.3, 0.4) is 0 Å². The highest BCUT2D eigenvalue weighted by Crippen LogP contribution is 2.32. The number of piperidine rings is 3. The molecule has 1 aromatic heterocycles. The molecule has 0 radical (unpaired) electrons. The highest BCUT2D eigenvalue weighted by Gasteiger charge is 2.37. The number of hydrogen-bond acceptors (Lipinski definition) is 6. The summed E-state index contributed by atoms with van der Waals surface area (Å²) < 4.78 is 15.7. The van der Waals surface area contributed by atoms with E-state index in [0.29, 0.717) is 17.4 Å². The molecule has 23 heavy (non-hydrogen) atoms. The minimum absolute atomic E-state index is 0.0323. The van der Waals surface area contributed by atoms with E-state index in [0.717, 1.165) is 49.1 Å². The number of ether oxygens (including phenoxy) is 2. The summed E-state index contributed by atoms with van der Waals surface area (Å²) in [6.45, 7) is 5.72. The van der Waals surface area contributed by atoms with E-state index in [2.05, 4.69) is 9.27 Å². The van der Waals surface area contributed by atoms with E-state index < -0.39 is 0 Å². The number of fused-ring (bicyclic) bond motifs is 4. The summed E-state index contributed by atoms with van der Waals surface area (Å²) in [6, 6.07) is 5.66. The Morgan fingerprint density at radius 1 is 1.39 bits per heavy atom. The SMILES string of the molecule is CCOc1ccc2c(C(=O)OC3CN4CCC3CC4)snc2c1. The monoisotopic (exact) mass is 332 g/mol. The quantitative estimate of drug-likeness (QED) is 0.806. The third-order valence-electron chi connectivity index (χ3n) is 4.80. The maximum absolute atomic E-state index is 12.6. The van der Waals surface area contributed by atoms with Gasteiger partial charge < -0.3 is 9.47 Å². The average molecular weight is 332 g/mol. The van der Waals surface area contributed by atoms with Gasteiger partial charge in [-0.1, -0.05) is 0 Å². The first-order valence-electron chi connectivity index (χ1n) is 8.20. The first-order chi connectivity index (χ1) is 11.2. The van der Waals surface area contributed by atoms with Crippen molar-refractivity contribution in [1.29, 1.82) is 0 Å². The van der Waals surface area contributed by atoms with Gasteiger partial charge in [-0.25, -0.2) is 4.79 Å². The molecule has 122 valence electrons. The minimum atomic E-state index is -0.236. The summed E-state index contributed by atoms with van der Waals surface area (Å²) in [4.78, 5) is 15.6. The number of nitrogens with zero attached hydrogens (tertiary/aromatic N) is 2. The predicted octanol–water partition coefficient (Wildman–Crippen LogP) is 2.95. The molecule has 0 N–H and O–H groups in total. The molecule has 2 aromatic rings. The Kier molecular flexibility index (Phi) is 3.95. The molecule has 5 nitrogen and oxygen atoms in total. The maximum Gasteiger partial charge on any atom is 0.350 e. The van der Waals surface area contributed by atoms with Crippen LogP contribution in [0.15, 0.2) is 18.2 Å². The van der Waals surface area contributed by atoms with Gasteiger partial charge >= 0.3 is 5.97 Å². The van der Waals surface area contributed by atoms with Gasteiger partial charge in [0.15, 0.2) is 0 Å². The van der Waals surface area contributed by atoms with Crippen LogP contribution >= 0.6 is 11.5 Å². The summed E-state index contributed by atoms with van der Waals surface area (Å²) in [7, 11) is 0. The fourth-order valence-corrected chi connectivity index (χ4v) is 4.30. The van der Waals surface area contributed by atoms with E-state index in [4.69, 9.17) is 9.47 Å². The Morgan fingerprint density at radius 2 is 2.22 bits per heavy atom. The van der Waals surface area contributed by atoms with Crippen LogP contribution in [0.1, 0.15) is 29.4 Å². The van der Waals surface area contributed by atoms with Crippen molar-refractivity contribution in [2.24, 2.45) is 5.92 Å². The van der Waals surface area contributed by atoms with Gasteiger partial charge in [0.2, 0.25) is 0 Å². The highest BCUT2D eigenvalue weighted by molar-refractivity contribution is 7.09. The summed E-state index contributed by atoms with van der Waals surface area (Å²) >= 11 is 1.21. The largest absolute Gasteiger partial charge is 0.494 e. The third kappa shape index (κ3) is 2.81. The van der Waals surface area contributed by atoms with E-state index in [9.17, 15) is 4.79 Å². The second-order valence-corrected chi connectivity index (χ2v) is 6.98. The molecule has 3 saturated heterocycles. The molecule has 0 aliphatic carbocycles. The minimum Gasteiger partial charge on any atom is -0.494 e. The Bertz CT molecular complexity index is 722. The zero-order chi connectivity index (χ0) is 15.8. The zero-order valence-electron chi connectivity index (χ0n) is 13.2. The van der Waals surface area contributed by atoms with Crippen LogP contribution in [0.25, 0.3) is 10.9 Å². The molecule has 6 heteroatoms. The van der Waals surface area contributed by atoms with Crippen molar-refractivity contribution in [1.82, 2.24) is 9.27 Å². The molecule has 5 rings (SSSR count). The zero-order valence-corrected chi connectivity index (χ0v) is 14.0. The van der Waals surface area contributed by atoms with Crippen molar-refractivity contribution in [3.63, 3.8) is 0 Å². The molecule has 0 saturated carbocycles. The van der Waals surface area contributed by atoms with Gasteiger partial charge in [0, 0.05) is 18.0 Å².